The number of benzene rings is 1. The van der Waals surface area contributed by atoms with Crippen molar-refractivity contribution in [3.63, 3.8) is 0 Å². The zero-order valence-electron chi connectivity index (χ0n) is 22.0. The Kier molecular flexibility index (Phi) is 12.1. The van der Waals surface area contributed by atoms with Crippen molar-refractivity contribution >= 4 is 35.6 Å². The van der Waals surface area contributed by atoms with E-state index in [4.69, 9.17) is 22.3 Å². The van der Waals surface area contributed by atoms with Crippen molar-refractivity contribution in [1.82, 2.24) is 15.5 Å². The van der Waals surface area contributed by atoms with Gasteiger partial charge in [-0.05, 0) is 56.2 Å². The number of aliphatic imine (C=N–C) groups is 1. The van der Waals surface area contributed by atoms with E-state index in [9.17, 15) is 34.2 Å². The lowest BCUT2D eigenvalue weighted by atomic mass is 10.0. The number of rotatable bonds is 15. The molecular formula is C25H37N7O8. The maximum atomic E-state index is 13.3. The number of phenolic OH excluding ortho intramolecular Hbond substituents is 1. The molecule has 0 aromatic heterocycles. The van der Waals surface area contributed by atoms with E-state index in [1.54, 1.807) is 12.1 Å². The number of aromatic hydroxyl groups is 1. The van der Waals surface area contributed by atoms with Crippen molar-refractivity contribution in [2.24, 2.45) is 22.2 Å². The summed E-state index contributed by atoms with van der Waals surface area (Å²) in [6.45, 7) is 0.303. The average Bonchev–Trinajstić information content (AvgIpc) is 3.39. The van der Waals surface area contributed by atoms with Crippen LogP contribution in [0.2, 0.25) is 0 Å². The van der Waals surface area contributed by atoms with Gasteiger partial charge >= 0.3 is 11.9 Å². The minimum Gasteiger partial charge on any atom is -0.508 e. The molecule has 4 unspecified atom stereocenters. The van der Waals surface area contributed by atoms with Gasteiger partial charge in [0.05, 0.1) is 6.04 Å². The summed E-state index contributed by atoms with van der Waals surface area (Å²) in [4.78, 5) is 67.2. The van der Waals surface area contributed by atoms with Crippen molar-refractivity contribution in [3.05, 3.63) is 29.8 Å². The monoisotopic (exact) mass is 563 g/mol. The Labute approximate surface area is 230 Å². The molecule has 40 heavy (non-hydrogen) atoms. The van der Waals surface area contributed by atoms with Gasteiger partial charge in [-0.2, -0.15) is 0 Å². The second-order valence-electron chi connectivity index (χ2n) is 9.51. The Morgan fingerprint density at radius 2 is 1.65 bits per heavy atom. The van der Waals surface area contributed by atoms with Gasteiger partial charge in [-0.3, -0.25) is 24.2 Å². The zero-order valence-corrected chi connectivity index (χ0v) is 22.0. The molecular weight excluding hydrogens is 526 g/mol. The van der Waals surface area contributed by atoms with Gasteiger partial charge < -0.3 is 48.1 Å². The van der Waals surface area contributed by atoms with Crippen LogP contribution < -0.4 is 27.8 Å². The second-order valence-corrected chi connectivity index (χ2v) is 9.51. The van der Waals surface area contributed by atoms with Crippen molar-refractivity contribution in [3.8, 4) is 5.75 Å². The first-order valence-electron chi connectivity index (χ1n) is 12.8. The molecule has 15 nitrogen and oxygen atoms in total. The molecule has 15 heteroatoms. The Bertz CT molecular complexity index is 1090. The van der Waals surface area contributed by atoms with E-state index in [2.05, 4.69) is 15.6 Å². The molecule has 1 heterocycles. The summed E-state index contributed by atoms with van der Waals surface area (Å²) < 4.78 is 0. The summed E-state index contributed by atoms with van der Waals surface area (Å²) in [5, 5.41) is 33.1. The molecule has 220 valence electrons. The first-order valence-corrected chi connectivity index (χ1v) is 12.8. The smallest absolute Gasteiger partial charge is 0.326 e. The highest BCUT2D eigenvalue weighted by molar-refractivity contribution is 5.94. The number of guanidine groups is 1. The fourth-order valence-corrected chi connectivity index (χ4v) is 4.31. The SMILES string of the molecule is NC(N)=NCCCC(NC(=O)C(N)Cc1ccc(O)cc1)C(=O)NC(CCC(=O)O)C(=O)N1CCCC1C(=O)O. The van der Waals surface area contributed by atoms with Crippen molar-refractivity contribution in [1.29, 1.82) is 0 Å². The number of hydrogen-bond donors (Lipinski definition) is 8. The van der Waals surface area contributed by atoms with Gasteiger partial charge in [0.25, 0.3) is 0 Å². The quantitative estimate of drug-likeness (QED) is 0.0672. The minimum absolute atomic E-state index is 0.0508. The van der Waals surface area contributed by atoms with Crippen LogP contribution in [0.25, 0.3) is 0 Å². The van der Waals surface area contributed by atoms with Crippen LogP contribution in [-0.2, 0) is 30.4 Å². The molecule has 0 bridgehead atoms. The third-order valence-electron chi connectivity index (χ3n) is 6.39. The van der Waals surface area contributed by atoms with Crippen LogP contribution in [0.15, 0.2) is 29.3 Å². The van der Waals surface area contributed by atoms with Crippen LogP contribution in [0.3, 0.4) is 0 Å². The Morgan fingerprint density at radius 1 is 1.00 bits per heavy atom. The van der Waals surface area contributed by atoms with Crippen molar-refractivity contribution < 1.29 is 39.3 Å². The van der Waals surface area contributed by atoms with Gasteiger partial charge in [0.15, 0.2) is 5.96 Å². The predicted octanol–water partition coefficient (Wildman–Crippen LogP) is -1.77. The van der Waals surface area contributed by atoms with Crippen LogP contribution in [0, 0.1) is 0 Å². The predicted molar refractivity (Wildman–Crippen MR) is 143 cm³/mol. The average molecular weight is 564 g/mol. The molecule has 1 saturated heterocycles. The zero-order chi connectivity index (χ0) is 29.8. The normalized spacial score (nSPS) is 16.8. The van der Waals surface area contributed by atoms with Crippen LogP contribution in [0.5, 0.6) is 5.75 Å². The molecule has 3 amide bonds. The summed E-state index contributed by atoms with van der Waals surface area (Å²) in [5.41, 5.74) is 17.4. The van der Waals surface area contributed by atoms with E-state index < -0.39 is 60.2 Å². The molecule has 0 radical (unpaired) electrons. The molecule has 0 spiro atoms. The van der Waals surface area contributed by atoms with E-state index in [0.29, 0.717) is 12.0 Å². The number of nitrogens with two attached hydrogens (primary N) is 3. The topological polar surface area (TPSA) is 264 Å². The number of carboxylic acids is 2. The van der Waals surface area contributed by atoms with Gasteiger partial charge in [0, 0.05) is 19.5 Å². The fourth-order valence-electron chi connectivity index (χ4n) is 4.31. The number of nitrogens with zero attached hydrogens (tertiary/aromatic N) is 2. The second kappa shape index (κ2) is 15.3. The highest BCUT2D eigenvalue weighted by Gasteiger charge is 2.38. The first-order chi connectivity index (χ1) is 18.9. The fraction of sp³-hybridized carbons (Fsp3) is 0.520. The number of amides is 3. The molecule has 0 saturated carbocycles. The highest BCUT2D eigenvalue weighted by atomic mass is 16.4. The molecule has 1 aromatic carbocycles. The number of hydrogen-bond acceptors (Lipinski definition) is 8. The third-order valence-corrected chi connectivity index (χ3v) is 6.39. The molecule has 1 aliphatic rings. The van der Waals surface area contributed by atoms with E-state index >= 15 is 0 Å². The Balaban J connectivity index is 2.18. The van der Waals surface area contributed by atoms with Crippen molar-refractivity contribution in [2.45, 2.75) is 69.1 Å². The van der Waals surface area contributed by atoms with E-state index in [1.165, 1.54) is 12.1 Å². The molecule has 1 fully saturated rings. The van der Waals surface area contributed by atoms with E-state index in [-0.39, 0.29) is 56.9 Å². The number of likely N-dealkylation sites (tertiary alicyclic amines) is 1. The van der Waals surface area contributed by atoms with Crippen LogP contribution in [0.4, 0.5) is 0 Å². The van der Waals surface area contributed by atoms with Crippen molar-refractivity contribution in [2.75, 3.05) is 13.1 Å². The standard InChI is InChI=1S/C25H37N7O8/c26-16(13-14-5-7-15(33)8-6-14)21(36)30-17(3-1-11-29-25(27)28)22(37)31-18(9-10-20(34)35)23(38)32-12-2-4-19(32)24(39)40/h5-8,16-19,33H,1-4,9-13,26H2,(H,30,36)(H,31,37)(H,34,35)(H,39,40)(H4,27,28,29). The minimum atomic E-state index is -1.33. The summed E-state index contributed by atoms with van der Waals surface area (Å²) >= 11 is 0. The maximum absolute atomic E-state index is 13.3. The summed E-state index contributed by atoms with van der Waals surface area (Å²) in [7, 11) is 0. The lowest BCUT2D eigenvalue weighted by Gasteiger charge is -2.29. The maximum Gasteiger partial charge on any atom is 0.326 e. The van der Waals surface area contributed by atoms with Crippen LogP contribution in [-0.4, -0.2) is 93.1 Å². The lowest BCUT2D eigenvalue weighted by Crippen LogP contribution is -2.57. The summed E-state index contributed by atoms with van der Waals surface area (Å²) in [6, 6.07) is 1.46. The molecule has 4 atom stereocenters. The Morgan fingerprint density at radius 3 is 2.25 bits per heavy atom. The van der Waals surface area contributed by atoms with Gasteiger partial charge in [0.1, 0.15) is 23.9 Å². The van der Waals surface area contributed by atoms with Crippen LogP contribution >= 0.6 is 0 Å². The number of carbonyl (C=O) groups excluding carboxylic acids is 3. The van der Waals surface area contributed by atoms with E-state index in [1.807, 2.05) is 0 Å². The Hall–Kier alpha value is -4.40. The van der Waals surface area contributed by atoms with Gasteiger partial charge in [-0.15, -0.1) is 0 Å². The van der Waals surface area contributed by atoms with E-state index in [0.717, 1.165) is 4.90 Å². The van der Waals surface area contributed by atoms with Gasteiger partial charge in [0.2, 0.25) is 17.7 Å². The number of phenols is 1. The third kappa shape index (κ3) is 10.1. The molecule has 0 aliphatic carbocycles. The molecule has 11 N–H and O–H groups in total. The number of carboxylic acid groups (broad SMARTS) is 2. The van der Waals surface area contributed by atoms with Gasteiger partial charge in [-0.25, -0.2) is 4.79 Å². The summed E-state index contributed by atoms with van der Waals surface area (Å²) in [6.07, 6.45) is 0.387. The lowest BCUT2D eigenvalue weighted by molar-refractivity contribution is -0.150. The number of nitrogens with one attached hydrogen (secondary N) is 2. The first kappa shape index (κ1) is 31.8. The van der Waals surface area contributed by atoms with Crippen LogP contribution in [0.1, 0.15) is 44.1 Å². The number of carbonyl (C=O) groups is 5. The highest BCUT2D eigenvalue weighted by Crippen LogP contribution is 2.20. The molecule has 2 rings (SSSR count). The number of aliphatic carboxylic acids is 2. The molecule has 1 aliphatic heterocycles. The largest absolute Gasteiger partial charge is 0.508 e. The summed E-state index contributed by atoms with van der Waals surface area (Å²) in [5.74, 6) is -4.64. The van der Waals surface area contributed by atoms with Gasteiger partial charge in [-0.1, -0.05) is 12.1 Å². The molecule has 1 aromatic rings.